The van der Waals surface area contributed by atoms with E-state index in [9.17, 15) is 15.0 Å². The van der Waals surface area contributed by atoms with Crippen LogP contribution in [0, 0.1) is 0 Å². The minimum atomic E-state index is -0.683. The van der Waals surface area contributed by atoms with Crippen LogP contribution < -0.4 is 11.1 Å². The molecular weight excluding hydrogens is 386 g/mol. The first-order valence-electron chi connectivity index (χ1n) is 9.05. The van der Waals surface area contributed by atoms with Gasteiger partial charge in [-0.25, -0.2) is 14.3 Å². The van der Waals surface area contributed by atoms with Gasteiger partial charge in [0, 0.05) is 17.3 Å². The molecule has 1 unspecified atom stereocenters. The number of phenols is 2. The molecule has 1 atom stereocenters. The first kappa shape index (κ1) is 19.2. The molecule has 0 saturated carbocycles. The van der Waals surface area contributed by atoms with Gasteiger partial charge in [-0.05, 0) is 23.8 Å². The Bertz CT molecular complexity index is 1220. The lowest BCUT2D eigenvalue weighted by Gasteiger charge is -2.15. The third kappa shape index (κ3) is 3.49. The van der Waals surface area contributed by atoms with E-state index in [4.69, 9.17) is 5.73 Å². The van der Waals surface area contributed by atoms with Gasteiger partial charge in [-0.3, -0.25) is 5.32 Å². The number of amides is 1. The van der Waals surface area contributed by atoms with Crippen LogP contribution in [0.2, 0.25) is 0 Å². The lowest BCUT2D eigenvalue weighted by molar-refractivity contribution is 0.186. The number of rotatable bonds is 4. The molecule has 4 aromatic rings. The minimum Gasteiger partial charge on any atom is -0.504 e. The van der Waals surface area contributed by atoms with Crippen molar-refractivity contribution >= 4 is 17.6 Å². The van der Waals surface area contributed by atoms with Gasteiger partial charge in [-0.2, -0.15) is 0 Å². The number of aromatic hydroxyl groups is 2. The molecule has 9 heteroatoms. The summed E-state index contributed by atoms with van der Waals surface area (Å²) >= 11 is 0. The summed E-state index contributed by atoms with van der Waals surface area (Å²) in [7, 11) is 1.26. The summed E-state index contributed by atoms with van der Waals surface area (Å²) in [6, 6.07) is 15.0. The zero-order valence-electron chi connectivity index (χ0n) is 16.0. The van der Waals surface area contributed by atoms with Gasteiger partial charge >= 0.3 is 6.09 Å². The van der Waals surface area contributed by atoms with Crippen molar-refractivity contribution in [2.24, 2.45) is 5.73 Å². The number of hydrogen-bond donors (Lipinski definition) is 4. The Labute approximate surface area is 171 Å². The number of ether oxygens (including phenoxy) is 1. The monoisotopic (exact) mass is 405 g/mol. The fraction of sp³-hybridized carbons (Fsp3) is 0.0952. The number of phenolic OH excluding ortho intramolecular Hbond substituents is 2. The van der Waals surface area contributed by atoms with Gasteiger partial charge in [0.15, 0.2) is 11.5 Å². The van der Waals surface area contributed by atoms with Crippen LogP contribution >= 0.6 is 0 Å². The van der Waals surface area contributed by atoms with Crippen LogP contribution in [-0.2, 0) is 4.74 Å². The summed E-state index contributed by atoms with van der Waals surface area (Å²) in [5.74, 6) is -0.402. The number of fused-ring (bicyclic) bond motifs is 1. The molecule has 0 aliphatic carbocycles. The van der Waals surface area contributed by atoms with Gasteiger partial charge in [-0.1, -0.05) is 36.4 Å². The topological polar surface area (TPSA) is 135 Å². The van der Waals surface area contributed by atoms with Crippen LogP contribution in [0.4, 0.5) is 10.7 Å². The summed E-state index contributed by atoms with van der Waals surface area (Å²) in [6.07, 6.45) is 1.03. The van der Waals surface area contributed by atoms with Crippen molar-refractivity contribution in [3.05, 3.63) is 71.9 Å². The molecule has 0 fully saturated rings. The number of methoxy groups -OCH3 is 1. The number of aromatic nitrogens is 3. The largest absolute Gasteiger partial charge is 0.504 e. The fourth-order valence-electron chi connectivity index (χ4n) is 3.21. The van der Waals surface area contributed by atoms with Crippen LogP contribution in [0.3, 0.4) is 0 Å². The van der Waals surface area contributed by atoms with E-state index in [1.54, 1.807) is 22.8 Å². The van der Waals surface area contributed by atoms with Crippen molar-refractivity contribution in [3.63, 3.8) is 0 Å². The third-order valence-corrected chi connectivity index (χ3v) is 4.68. The Morgan fingerprint density at radius 1 is 1.13 bits per heavy atom. The maximum absolute atomic E-state index is 11.6. The van der Waals surface area contributed by atoms with Crippen molar-refractivity contribution in [3.8, 4) is 22.8 Å². The minimum absolute atomic E-state index is 0.0752. The Kier molecular flexibility index (Phi) is 4.95. The van der Waals surface area contributed by atoms with E-state index in [2.05, 4.69) is 20.1 Å². The van der Waals surface area contributed by atoms with Crippen LogP contribution in [-0.4, -0.2) is 38.0 Å². The van der Waals surface area contributed by atoms with Crippen molar-refractivity contribution in [1.29, 1.82) is 0 Å². The molecule has 0 bridgehead atoms. The zero-order valence-corrected chi connectivity index (χ0v) is 16.0. The SMILES string of the molecule is COC(=O)Nc1nc(-c2ccccc2)c2c(C(N)c3ccc(O)c(O)c3)ccn2n1. The summed E-state index contributed by atoms with van der Waals surface area (Å²) in [5.41, 5.74) is 9.82. The highest BCUT2D eigenvalue weighted by Crippen LogP contribution is 2.34. The number of benzene rings is 2. The first-order valence-corrected chi connectivity index (χ1v) is 9.05. The van der Waals surface area contributed by atoms with Crippen molar-refractivity contribution < 1.29 is 19.7 Å². The van der Waals surface area contributed by atoms with Crippen molar-refractivity contribution in [2.45, 2.75) is 6.04 Å². The molecule has 0 aliphatic rings. The Balaban J connectivity index is 1.89. The predicted molar refractivity (Wildman–Crippen MR) is 110 cm³/mol. The maximum Gasteiger partial charge on any atom is 0.413 e. The average Bonchev–Trinajstić information content (AvgIpc) is 3.19. The Morgan fingerprint density at radius 3 is 2.60 bits per heavy atom. The molecule has 152 valence electrons. The molecule has 2 heterocycles. The predicted octanol–water partition coefficient (Wildman–Crippen LogP) is 3.03. The molecular formula is C21H19N5O4. The highest BCUT2D eigenvalue weighted by atomic mass is 16.5. The first-order chi connectivity index (χ1) is 14.5. The third-order valence-electron chi connectivity index (χ3n) is 4.68. The highest BCUT2D eigenvalue weighted by Gasteiger charge is 2.21. The molecule has 2 aromatic carbocycles. The van der Waals surface area contributed by atoms with Gasteiger partial charge < -0.3 is 20.7 Å². The number of carbonyl (C=O) groups is 1. The standard InChI is InChI=1S/C21H19N5O4/c1-30-21(29)24-20-23-18(12-5-3-2-4-6-12)19-14(9-10-26(19)25-20)17(22)13-7-8-15(27)16(28)11-13/h2-11,17,27-28H,22H2,1H3,(H,24,25,29). The second kappa shape index (κ2) is 7.72. The number of nitrogens with zero attached hydrogens (tertiary/aromatic N) is 3. The number of carbonyl (C=O) groups excluding carboxylic acids is 1. The normalized spacial score (nSPS) is 11.9. The summed E-state index contributed by atoms with van der Waals surface area (Å²) in [5, 5.41) is 26.2. The van der Waals surface area contributed by atoms with Crippen LogP contribution in [0.15, 0.2) is 60.8 Å². The van der Waals surface area contributed by atoms with Crippen LogP contribution in [0.1, 0.15) is 17.2 Å². The summed E-state index contributed by atoms with van der Waals surface area (Å²) in [6.45, 7) is 0. The number of hydrogen-bond acceptors (Lipinski definition) is 7. The van der Waals surface area contributed by atoms with Crippen LogP contribution in [0.5, 0.6) is 11.5 Å². The Hall–Kier alpha value is -4.11. The second-order valence-electron chi connectivity index (χ2n) is 6.56. The number of nitrogens with one attached hydrogen (secondary N) is 1. The van der Waals surface area contributed by atoms with E-state index in [1.807, 2.05) is 30.3 Å². The van der Waals surface area contributed by atoms with E-state index >= 15 is 0 Å². The molecule has 5 N–H and O–H groups in total. The summed E-state index contributed by atoms with van der Waals surface area (Å²) < 4.78 is 6.21. The van der Waals surface area contributed by atoms with Gasteiger partial charge in [0.05, 0.1) is 18.7 Å². The highest BCUT2D eigenvalue weighted by molar-refractivity contribution is 5.85. The molecule has 0 spiro atoms. The number of nitrogens with two attached hydrogens (primary N) is 1. The van der Waals surface area contributed by atoms with E-state index in [0.717, 1.165) is 5.56 Å². The molecule has 0 radical (unpaired) electrons. The Morgan fingerprint density at radius 2 is 1.90 bits per heavy atom. The number of anilines is 1. The molecule has 1 amide bonds. The maximum atomic E-state index is 11.6. The van der Waals surface area contributed by atoms with Crippen molar-refractivity contribution in [2.75, 3.05) is 12.4 Å². The van der Waals surface area contributed by atoms with E-state index < -0.39 is 12.1 Å². The molecule has 2 aromatic heterocycles. The van der Waals surface area contributed by atoms with Gasteiger partial charge in [0.2, 0.25) is 0 Å². The molecule has 0 saturated heterocycles. The summed E-state index contributed by atoms with van der Waals surface area (Å²) in [4.78, 5) is 16.1. The van der Waals surface area contributed by atoms with E-state index in [-0.39, 0.29) is 17.4 Å². The van der Waals surface area contributed by atoms with E-state index in [0.29, 0.717) is 22.3 Å². The second-order valence-corrected chi connectivity index (χ2v) is 6.56. The molecule has 30 heavy (non-hydrogen) atoms. The van der Waals surface area contributed by atoms with E-state index in [1.165, 1.54) is 19.2 Å². The van der Waals surface area contributed by atoms with Crippen LogP contribution in [0.25, 0.3) is 16.8 Å². The van der Waals surface area contributed by atoms with Gasteiger partial charge in [0.25, 0.3) is 5.95 Å². The van der Waals surface area contributed by atoms with Gasteiger partial charge in [-0.15, -0.1) is 5.10 Å². The molecule has 0 aliphatic heterocycles. The smallest absolute Gasteiger partial charge is 0.413 e. The lowest BCUT2D eigenvalue weighted by atomic mass is 9.98. The quantitative estimate of drug-likeness (QED) is 0.383. The average molecular weight is 405 g/mol. The van der Waals surface area contributed by atoms with Crippen molar-refractivity contribution in [1.82, 2.24) is 14.6 Å². The zero-order chi connectivity index (χ0) is 21.3. The molecule has 4 rings (SSSR count). The fourth-order valence-corrected chi connectivity index (χ4v) is 3.21. The van der Waals surface area contributed by atoms with Gasteiger partial charge in [0.1, 0.15) is 5.69 Å². The lowest BCUT2D eigenvalue weighted by Crippen LogP contribution is -2.16. The molecule has 9 nitrogen and oxygen atoms in total.